The van der Waals surface area contributed by atoms with Crippen LogP contribution in [0.3, 0.4) is 0 Å². The van der Waals surface area contributed by atoms with E-state index < -0.39 is 65.6 Å². The molecule has 230 valence electrons. The molecule has 0 bridgehead atoms. The predicted molar refractivity (Wildman–Crippen MR) is 151 cm³/mol. The van der Waals surface area contributed by atoms with Crippen molar-refractivity contribution >= 4 is 46.2 Å². The summed E-state index contributed by atoms with van der Waals surface area (Å²) in [4.78, 5) is 79.3. The van der Waals surface area contributed by atoms with Gasteiger partial charge in [0.25, 0.3) is 11.7 Å². The Morgan fingerprint density at radius 2 is 1.68 bits per heavy atom. The average molecular weight is 609 g/mol. The van der Waals surface area contributed by atoms with Crippen LogP contribution in [0.4, 0.5) is 8.78 Å². The minimum Gasteiger partial charge on any atom is -0.452 e. The van der Waals surface area contributed by atoms with E-state index in [9.17, 15) is 37.5 Å². The maximum Gasteiger partial charge on any atom is 0.380 e. The second kappa shape index (κ2) is 13.1. The highest BCUT2D eigenvalue weighted by Crippen LogP contribution is 2.34. The van der Waals surface area contributed by atoms with Gasteiger partial charge in [-0.1, -0.05) is 43.2 Å². The number of carbonyl (C=O) groups excluding carboxylic acids is 6. The van der Waals surface area contributed by atoms with Gasteiger partial charge in [0.1, 0.15) is 23.4 Å². The Morgan fingerprint density at radius 1 is 0.932 bits per heavy atom. The van der Waals surface area contributed by atoms with E-state index in [-0.39, 0.29) is 46.8 Å². The number of fused-ring (bicyclic) bond motifs is 1. The van der Waals surface area contributed by atoms with Gasteiger partial charge in [0, 0.05) is 29.5 Å². The second-order valence-electron chi connectivity index (χ2n) is 11.1. The minimum absolute atomic E-state index is 0.0689. The number of esters is 1. The number of halogens is 2. The number of rotatable bonds is 13. The summed E-state index contributed by atoms with van der Waals surface area (Å²) < 4.78 is 32.8. The molecule has 1 aliphatic heterocycles. The van der Waals surface area contributed by atoms with E-state index in [1.165, 1.54) is 18.2 Å². The number of carbonyl (C=O) groups is 6. The van der Waals surface area contributed by atoms with Crippen LogP contribution in [0.25, 0.3) is 10.9 Å². The topological polar surface area (TPSA) is 164 Å². The monoisotopic (exact) mass is 608 g/mol. The molecule has 13 heteroatoms. The van der Waals surface area contributed by atoms with E-state index in [2.05, 4.69) is 20.9 Å². The third kappa shape index (κ3) is 7.33. The molecule has 3 atom stereocenters. The first-order chi connectivity index (χ1) is 21.1. The lowest BCUT2D eigenvalue weighted by molar-refractivity contribution is -0.144. The van der Waals surface area contributed by atoms with Crippen LogP contribution in [0.5, 0.6) is 0 Å². The molecule has 11 nitrogen and oxygen atoms in total. The fourth-order valence-corrected chi connectivity index (χ4v) is 5.15. The Bertz CT molecular complexity index is 1620. The molecule has 2 fully saturated rings. The number of Topliss-reactive ketones (excluding diaryl/α,β-unsaturated/α-hetero) is 2. The summed E-state index contributed by atoms with van der Waals surface area (Å²) >= 11 is 0. The highest BCUT2D eigenvalue weighted by Gasteiger charge is 2.36. The number of benzene rings is 2. The average Bonchev–Trinajstić information content (AvgIpc) is 3.57. The van der Waals surface area contributed by atoms with E-state index in [1.54, 1.807) is 18.2 Å². The first-order valence-electron chi connectivity index (χ1n) is 14.2. The number of aromatic nitrogens is 1. The largest absolute Gasteiger partial charge is 0.452 e. The number of hydrogen-bond acceptors (Lipinski definition) is 7. The van der Waals surface area contributed by atoms with E-state index in [1.807, 2.05) is 0 Å². The quantitative estimate of drug-likeness (QED) is 0.131. The van der Waals surface area contributed by atoms with Crippen LogP contribution < -0.4 is 16.0 Å². The highest BCUT2D eigenvalue weighted by molar-refractivity contribution is 6.40. The van der Waals surface area contributed by atoms with Gasteiger partial charge in [0.15, 0.2) is 12.4 Å². The third-order valence-corrected chi connectivity index (χ3v) is 7.73. The van der Waals surface area contributed by atoms with Crippen molar-refractivity contribution in [1.29, 1.82) is 0 Å². The zero-order valence-electron chi connectivity index (χ0n) is 23.5. The van der Waals surface area contributed by atoms with Crippen LogP contribution in [0, 0.1) is 23.5 Å². The molecule has 0 radical (unpaired) electrons. The van der Waals surface area contributed by atoms with Gasteiger partial charge in [-0.05, 0) is 37.3 Å². The third-order valence-electron chi connectivity index (χ3n) is 7.73. The number of ether oxygens (including phenoxy) is 1. The molecule has 2 unspecified atom stereocenters. The lowest BCUT2D eigenvalue weighted by Gasteiger charge is -2.24. The van der Waals surface area contributed by atoms with Gasteiger partial charge in [-0.15, -0.1) is 0 Å². The zero-order valence-corrected chi connectivity index (χ0v) is 23.5. The van der Waals surface area contributed by atoms with Crippen LogP contribution in [0.1, 0.15) is 53.0 Å². The van der Waals surface area contributed by atoms with E-state index in [4.69, 9.17) is 4.74 Å². The molecule has 1 aliphatic carbocycles. The van der Waals surface area contributed by atoms with Gasteiger partial charge in [0.2, 0.25) is 11.8 Å². The molecular formula is C31H30F2N4O7. The molecule has 5 rings (SSSR count). The molecule has 2 heterocycles. The Labute approximate surface area is 250 Å². The molecule has 3 amide bonds. The lowest BCUT2D eigenvalue weighted by atomic mass is 9.95. The first kappa shape index (κ1) is 30.5. The molecule has 1 saturated carbocycles. The van der Waals surface area contributed by atoms with Gasteiger partial charge in [-0.2, -0.15) is 0 Å². The summed E-state index contributed by atoms with van der Waals surface area (Å²) in [6, 6.07) is 8.29. The Hall–Kier alpha value is -4.94. The van der Waals surface area contributed by atoms with Gasteiger partial charge < -0.3 is 25.7 Å². The Morgan fingerprint density at radius 3 is 2.36 bits per heavy atom. The number of aromatic amines is 1. The summed E-state index contributed by atoms with van der Waals surface area (Å²) in [5, 5.41) is 8.02. The molecule has 3 aromatic rings. The maximum absolute atomic E-state index is 14.2. The Kier molecular flexibility index (Phi) is 9.12. The van der Waals surface area contributed by atoms with Crippen LogP contribution in [0.15, 0.2) is 48.5 Å². The van der Waals surface area contributed by atoms with Crippen molar-refractivity contribution in [1.82, 2.24) is 20.9 Å². The SMILES string of the molecule is O=C(OCC(=O)C(C[C@@H]1CCNC1=O)NC(=O)C(CC1CC1)NC(=O)c1cc2cc(F)cc(F)c2[nH]1)C(=O)c1ccccc1. The number of hydrogen-bond donors (Lipinski definition) is 4. The summed E-state index contributed by atoms with van der Waals surface area (Å²) in [6.45, 7) is -0.429. The number of H-pyrrole nitrogens is 1. The first-order valence-corrected chi connectivity index (χ1v) is 14.2. The molecule has 0 spiro atoms. The predicted octanol–water partition coefficient (Wildman–Crippen LogP) is 2.35. The van der Waals surface area contributed by atoms with Crippen molar-refractivity contribution in [3.63, 3.8) is 0 Å². The van der Waals surface area contributed by atoms with Gasteiger partial charge in [-0.3, -0.25) is 24.0 Å². The summed E-state index contributed by atoms with van der Waals surface area (Å²) in [5.41, 5.74) is -0.0807. The molecule has 4 N–H and O–H groups in total. The van der Waals surface area contributed by atoms with Crippen LogP contribution >= 0.6 is 0 Å². The van der Waals surface area contributed by atoms with Gasteiger partial charge in [0.05, 0.1) is 11.6 Å². The van der Waals surface area contributed by atoms with Crippen LogP contribution in [-0.4, -0.2) is 65.5 Å². The van der Waals surface area contributed by atoms with Gasteiger partial charge in [-0.25, -0.2) is 13.6 Å². The summed E-state index contributed by atoms with van der Waals surface area (Å²) in [7, 11) is 0. The molecule has 2 aromatic carbocycles. The second-order valence-corrected chi connectivity index (χ2v) is 11.1. The summed E-state index contributed by atoms with van der Waals surface area (Å²) in [6.07, 6.45) is 2.27. The smallest absolute Gasteiger partial charge is 0.380 e. The standard InChI is InChI=1S/C31H30F2N4O7/c32-20-11-19-13-24(35-26(19)21(33)14-20)30(42)37-23(10-16-6-7-16)29(41)36-22(12-18-8-9-34-28(18)40)25(38)15-44-31(43)27(39)17-4-2-1-3-5-17/h1-5,11,13-14,16,18,22-23,35H,6-10,12,15H2,(H,34,40)(H,36,41)(H,37,42)/t18-,22?,23?/m0/s1. The fourth-order valence-electron chi connectivity index (χ4n) is 5.15. The number of amides is 3. The van der Waals surface area contributed by atoms with E-state index >= 15 is 0 Å². The van der Waals surface area contributed by atoms with Crippen LogP contribution in [0.2, 0.25) is 0 Å². The lowest BCUT2D eigenvalue weighted by Crippen LogP contribution is -2.53. The van der Waals surface area contributed by atoms with Crippen molar-refractivity contribution in [2.75, 3.05) is 13.2 Å². The van der Waals surface area contributed by atoms with E-state index in [0.29, 0.717) is 19.0 Å². The Balaban J connectivity index is 1.28. The minimum atomic E-state index is -1.26. The van der Waals surface area contributed by atoms with Crippen molar-refractivity contribution in [3.05, 3.63) is 71.4 Å². The molecular weight excluding hydrogens is 578 g/mol. The van der Waals surface area contributed by atoms with Crippen molar-refractivity contribution in [2.45, 2.75) is 44.2 Å². The molecule has 1 saturated heterocycles. The van der Waals surface area contributed by atoms with Crippen molar-refractivity contribution in [3.8, 4) is 0 Å². The normalized spacial score (nSPS) is 17.4. The fraction of sp³-hybridized carbons (Fsp3) is 0.355. The highest BCUT2D eigenvalue weighted by atomic mass is 19.1. The van der Waals surface area contributed by atoms with E-state index in [0.717, 1.165) is 18.9 Å². The number of ketones is 2. The van der Waals surface area contributed by atoms with Crippen molar-refractivity contribution in [2.24, 2.45) is 11.8 Å². The molecule has 1 aromatic heterocycles. The maximum atomic E-state index is 14.2. The molecule has 2 aliphatic rings. The van der Waals surface area contributed by atoms with Crippen LogP contribution in [-0.2, 0) is 23.9 Å². The number of nitrogens with one attached hydrogen (secondary N) is 4. The summed E-state index contributed by atoms with van der Waals surface area (Å²) in [5.74, 6) is -6.80. The molecule has 44 heavy (non-hydrogen) atoms. The van der Waals surface area contributed by atoms with Crippen molar-refractivity contribution < 1.29 is 42.3 Å². The zero-order chi connectivity index (χ0) is 31.4. The van der Waals surface area contributed by atoms with Gasteiger partial charge >= 0.3 is 5.97 Å².